The van der Waals surface area contributed by atoms with Crippen LogP contribution in [0.1, 0.15) is 19.8 Å². The van der Waals surface area contributed by atoms with Crippen molar-refractivity contribution in [2.75, 3.05) is 13.2 Å². The van der Waals surface area contributed by atoms with Gasteiger partial charge in [0.15, 0.2) is 0 Å². The number of ether oxygens (including phenoxy) is 1. The van der Waals surface area contributed by atoms with Crippen LogP contribution in [0.3, 0.4) is 0 Å². The number of hydrogen-bond donors (Lipinski definition) is 1. The van der Waals surface area contributed by atoms with Crippen molar-refractivity contribution in [3.63, 3.8) is 0 Å². The normalized spacial score (nSPS) is 37.5. The summed E-state index contributed by atoms with van der Waals surface area (Å²) in [6.45, 7) is 6.67. The SMILES string of the molecule is C=C[C@@H]1C[C@@](CC)(CO)CO1. The van der Waals surface area contributed by atoms with Crippen LogP contribution in [0.2, 0.25) is 0 Å². The van der Waals surface area contributed by atoms with Gasteiger partial charge in [-0.3, -0.25) is 0 Å². The quantitative estimate of drug-likeness (QED) is 0.625. The molecule has 0 aromatic heterocycles. The minimum atomic E-state index is 0.0128. The smallest absolute Gasteiger partial charge is 0.0760 e. The van der Waals surface area contributed by atoms with Gasteiger partial charge in [0.25, 0.3) is 0 Å². The minimum Gasteiger partial charge on any atom is -0.396 e. The molecular formula is C9H16O2. The molecule has 0 radical (unpaired) electrons. The molecule has 64 valence electrons. The Hall–Kier alpha value is -0.340. The van der Waals surface area contributed by atoms with Crippen LogP contribution in [-0.4, -0.2) is 24.4 Å². The van der Waals surface area contributed by atoms with Crippen molar-refractivity contribution >= 4 is 0 Å². The molecule has 0 aromatic carbocycles. The molecule has 2 nitrogen and oxygen atoms in total. The van der Waals surface area contributed by atoms with Gasteiger partial charge in [-0.25, -0.2) is 0 Å². The summed E-state index contributed by atoms with van der Waals surface area (Å²) >= 11 is 0. The van der Waals surface area contributed by atoms with Gasteiger partial charge in [-0.05, 0) is 12.8 Å². The second-order valence-corrected chi connectivity index (χ2v) is 3.30. The van der Waals surface area contributed by atoms with Crippen molar-refractivity contribution in [2.24, 2.45) is 5.41 Å². The Labute approximate surface area is 67.9 Å². The summed E-state index contributed by atoms with van der Waals surface area (Å²) in [5.41, 5.74) is 0.0128. The van der Waals surface area contributed by atoms with Crippen LogP contribution < -0.4 is 0 Å². The highest BCUT2D eigenvalue weighted by Gasteiger charge is 2.36. The van der Waals surface area contributed by atoms with Crippen molar-refractivity contribution < 1.29 is 9.84 Å². The second kappa shape index (κ2) is 3.37. The summed E-state index contributed by atoms with van der Waals surface area (Å²) < 4.78 is 5.42. The average molecular weight is 156 g/mol. The molecule has 2 atom stereocenters. The van der Waals surface area contributed by atoms with E-state index >= 15 is 0 Å². The molecule has 1 fully saturated rings. The third-order valence-electron chi connectivity index (χ3n) is 2.59. The second-order valence-electron chi connectivity index (χ2n) is 3.30. The van der Waals surface area contributed by atoms with Crippen LogP contribution in [0.4, 0.5) is 0 Å². The van der Waals surface area contributed by atoms with E-state index in [0.29, 0.717) is 6.61 Å². The lowest BCUT2D eigenvalue weighted by atomic mass is 9.84. The van der Waals surface area contributed by atoms with E-state index in [2.05, 4.69) is 13.5 Å². The van der Waals surface area contributed by atoms with Crippen molar-refractivity contribution in [2.45, 2.75) is 25.9 Å². The Morgan fingerprint density at radius 2 is 2.55 bits per heavy atom. The van der Waals surface area contributed by atoms with Crippen LogP contribution in [0, 0.1) is 5.41 Å². The molecule has 0 aromatic rings. The standard InChI is InChI=1S/C9H16O2/c1-3-8-5-9(4-2,6-10)7-11-8/h3,8,10H,1,4-7H2,2H3/t8-,9+/m1/s1. The maximum absolute atomic E-state index is 9.12. The molecule has 0 bridgehead atoms. The number of hydrogen-bond acceptors (Lipinski definition) is 2. The highest BCUT2D eigenvalue weighted by molar-refractivity contribution is 4.93. The van der Waals surface area contributed by atoms with Crippen LogP contribution >= 0.6 is 0 Å². The molecule has 0 spiro atoms. The van der Waals surface area contributed by atoms with Gasteiger partial charge in [-0.2, -0.15) is 0 Å². The molecule has 0 unspecified atom stereocenters. The van der Waals surface area contributed by atoms with Crippen molar-refractivity contribution in [3.05, 3.63) is 12.7 Å². The zero-order valence-corrected chi connectivity index (χ0v) is 7.05. The third-order valence-corrected chi connectivity index (χ3v) is 2.59. The largest absolute Gasteiger partial charge is 0.396 e. The van der Waals surface area contributed by atoms with Crippen molar-refractivity contribution in [1.82, 2.24) is 0 Å². The molecule has 1 aliphatic heterocycles. The average Bonchev–Trinajstić information content (AvgIpc) is 2.49. The zero-order valence-electron chi connectivity index (χ0n) is 7.05. The summed E-state index contributed by atoms with van der Waals surface area (Å²) in [4.78, 5) is 0. The number of aliphatic hydroxyl groups is 1. The first-order valence-electron chi connectivity index (χ1n) is 4.11. The first kappa shape index (κ1) is 8.75. The summed E-state index contributed by atoms with van der Waals surface area (Å²) in [6, 6.07) is 0. The Bertz CT molecular complexity index is 138. The van der Waals surface area contributed by atoms with Crippen molar-refractivity contribution in [3.8, 4) is 0 Å². The van der Waals surface area contributed by atoms with E-state index in [1.165, 1.54) is 0 Å². The van der Waals surface area contributed by atoms with Gasteiger partial charge in [-0.15, -0.1) is 6.58 Å². The molecular weight excluding hydrogens is 140 g/mol. The number of rotatable bonds is 3. The van der Waals surface area contributed by atoms with Crippen LogP contribution in [0.15, 0.2) is 12.7 Å². The Kier molecular flexibility index (Phi) is 2.68. The fourth-order valence-electron chi connectivity index (χ4n) is 1.45. The Morgan fingerprint density at radius 1 is 1.82 bits per heavy atom. The van der Waals surface area contributed by atoms with Gasteiger partial charge in [-0.1, -0.05) is 13.0 Å². The highest BCUT2D eigenvalue weighted by atomic mass is 16.5. The molecule has 1 N–H and O–H groups in total. The van der Waals surface area contributed by atoms with Gasteiger partial charge in [0.05, 0.1) is 19.3 Å². The van der Waals surface area contributed by atoms with Crippen molar-refractivity contribution in [1.29, 1.82) is 0 Å². The molecule has 1 heterocycles. The summed E-state index contributed by atoms with van der Waals surface area (Å²) in [5.74, 6) is 0. The Balaban J connectivity index is 2.54. The van der Waals surface area contributed by atoms with Gasteiger partial charge < -0.3 is 9.84 Å². The fraction of sp³-hybridized carbons (Fsp3) is 0.778. The lowest BCUT2D eigenvalue weighted by Gasteiger charge is -2.21. The van der Waals surface area contributed by atoms with Crippen LogP contribution in [0.25, 0.3) is 0 Å². The van der Waals surface area contributed by atoms with E-state index in [4.69, 9.17) is 9.84 Å². The van der Waals surface area contributed by atoms with Crippen LogP contribution in [-0.2, 0) is 4.74 Å². The molecule has 2 heteroatoms. The Morgan fingerprint density at radius 3 is 2.82 bits per heavy atom. The molecule has 0 saturated carbocycles. The molecule has 1 saturated heterocycles. The molecule has 1 rings (SSSR count). The lowest BCUT2D eigenvalue weighted by molar-refractivity contribution is 0.0810. The predicted molar refractivity (Wildman–Crippen MR) is 44.4 cm³/mol. The summed E-state index contributed by atoms with van der Waals surface area (Å²) in [5, 5.41) is 9.12. The predicted octanol–water partition coefficient (Wildman–Crippen LogP) is 1.35. The van der Waals surface area contributed by atoms with E-state index in [9.17, 15) is 0 Å². The third kappa shape index (κ3) is 1.63. The molecule has 11 heavy (non-hydrogen) atoms. The van der Waals surface area contributed by atoms with E-state index < -0.39 is 0 Å². The lowest BCUT2D eigenvalue weighted by Crippen LogP contribution is -2.24. The highest BCUT2D eigenvalue weighted by Crippen LogP contribution is 2.35. The van der Waals surface area contributed by atoms with Crippen LogP contribution in [0.5, 0.6) is 0 Å². The van der Waals surface area contributed by atoms with Gasteiger partial charge in [0.2, 0.25) is 0 Å². The van der Waals surface area contributed by atoms with E-state index in [-0.39, 0.29) is 18.1 Å². The monoisotopic (exact) mass is 156 g/mol. The van der Waals surface area contributed by atoms with Gasteiger partial charge in [0, 0.05) is 5.41 Å². The first-order chi connectivity index (χ1) is 5.26. The molecule has 1 aliphatic rings. The maximum Gasteiger partial charge on any atom is 0.0760 e. The summed E-state index contributed by atoms with van der Waals surface area (Å²) in [7, 11) is 0. The van der Waals surface area contributed by atoms with E-state index in [0.717, 1.165) is 12.8 Å². The zero-order chi connectivity index (χ0) is 8.32. The van der Waals surface area contributed by atoms with Gasteiger partial charge in [0.1, 0.15) is 0 Å². The fourth-order valence-corrected chi connectivity index (χ4v) is 1.45. The first-order valence-corrected chi connectivity index (χ1v) is 4.11. The summed E-state index contributed by atoms with van der Waals surface area (Å²) in [6.07, 6.45) is 3.87. The van der Waals surface area contributed by atoms with Gasteiger partial charge >= 0.3 is 0 Å². The molecule has 0 amide bonds. The topological polar surface area (TPSA) is 29.5 Å². The number of aliphatic hydroxyl groups excluding tert-OH is 1. The van der Waals surface area contributed by atoms with E-state index in [1.807, 2.05) is 6.08 Å². The molecule has 0 aliphatic carbocycles. The minimum absolute atomic E-state index is 0.0128. The van der Waals surface area contributed by atoms with E-state index in [1.54, 1.807) is 0 Å². The maximum atomic E-state index is 9.12.